The molecule has 0 radical (unpaired) electrons. The van der Waals surface area contributed by atoms with Crippen LogP contribution in [0.4, 0.5) is 0 Å². The lowest BCUT2D eigenvalue weighted by molar-refractivity contribution is -0.143. The molecule has 0 spiro atoms. The molecule has 4 aliphatic rings. The topological polar surface area (TPSA) is 62.1 Å². The first-order valence-electron chi connectivity index (χ1n) is 10.3. The molecule has 0 aromatic rings. The molecule has 0 bridgehead atoms. The summed E-state index contributed by atoms with van der Waals surface area (Å²) in [5.41, 5.74) is 2.14. The van der Waals surface area contributed by atoms with Crippen LogP contribution in [-0.2, 0) is 9.53 Å². The Balaban J connectivity index is 1.37. The molecule has 4 rings (SSSR count). The first-order chi connectivity index (χ1) is 13.7. The van der Waals surface area contributed by atoms with Gasteiger partial charge in [-0.25, -0.2) is 0 Å². The number of allylic oxidation sites excluding steroid dienone is 6. The summed E-state index contributed by atoms with van der Waals surface area (Å²) < 4.78 is 6.44. The number of carboxylic acids is 1. The first-order valence-corrected chi connectivity index (χ1v) is 10.3. The highest BCUT2D eigenvalue weighted by molar-refractivity contribution is 5.84. The third-order valence-corrected chi connectivity index (χ3v) is 5.96. The lowest BCUT2D eigenvalue weighted by Crippen LogP contribution is -2.39. The van der Waals surface area contributed by atoms with Crippen LogP contribution in [0.2, 0.25) is 0 Å². The van der Waals surface area contributed by atoms with Gasteiger partial charge in [0.15, 0.2) is 0 Å². The molecule has 2 unspecified atom stereocenters. The van der Waals surface area contributed by atoms with Crippen LogP contribution in [0, 0.1) is 11.8 Å². The van der Waals surface area contributed by atoms with E-state index in [9.17, 15) is 9.90 Å². The maximum Gasteiger partial charge on any atom is 0.307 e. The molecule has 1 saturated heterocycles. The number of fused-ring (bicyclic) bond motifs is 1. The average molecular weight is 380 g/mol. The van der Waals surface area contributed by atoms with Gasteiger partial charge in [0, 0.05) is 36.0 Å². The van der Waals surface area contributed by atoms with Crippen LogP contribution in [-0.4, -0.2) is 47.9 Å². The maximum atomic E-state index is 11.3. The van der Waals surface area contributed by atoms with Crippen molar-refractivity contribution < 1.29 is 14.6 Å². The van der Waals surface area contributed by atoms with E-state index in [1.165, 1.54) is 0 Å². The van der Waals surface area contributed by atoms with Gasteiger partial charge < -0.3 is 14.7 Å². The molecule has 0 aromatic heterocycles. The van der Waals surface area contributed by atoms with E-state index in [1.807, 2.05) is 24.6 Å². The molecular weight excluding hydrogens is 352 g/mol. The van der Waals surface area contributed by atoms with E-state index < -0.39 is 5.97 Å². The Kier molecular flexibility index (Phi) is 5.91. The van der Waals surface area contributed by atoms with Gasteiger partial charge in [0.05, 0.1) is 5.92 Å². The van der Waals surface area contributed by atoms with Crippen molar-refractivity contribution in [3.05, 3.63) is 59.6 Å². The second-order valence-electron chi connectivity index (χ2n) is 7.96. The van der Waals surface area contributed by atoms with Crippen molar-refractivity contribution in [2.75, 3.05) is 19.6 Å². The third kappa shape index (κ3) is 4.36. The number of carbonyl (C=O) groups is 1. The summed E-state index contributed by atoms with van der Waals surface area (Å²) in [6.45, 7) is 2.65. The number of aliphatic imine (C=N–C) groups is 1. The van der Waals surface area contributed by atoms with Crippen molar-refractivity contribution in [1.29, 1.82) is 0 Å². The molecule has 1 fully saturated rings. The summed E-state index contributed by atoms with van der Waals surface area (Å²) in [6.07, 6.45) is 21.0. The van der Waals surface area contributed by atoms with E-state index in [0.29, 0.717) is 12.5 Å². The predicted octanol–water partition coefficient (Wildman–Crippen LogP) is 3.87. The van der Waals surface area contributed by atoms with Gasteiger partial charge in [-0.15, -0.1) is 0 Å². The highest BCUT2D eigenvalue weighted by atomic mass is 16.5. The average Bonchev–Trinajstić information content (AvgIpc) is 2.69. The summed E-state index contributed by atoms with van der Waals surface area (Å²) in [5.74, 6) is 0.536. The number of nitrogens with zero attached hydrogens (tertiary/aromatic N) is 2. The Morgan fingerprint density at radius 1 is 1.32 bits per heavy atom. The molecule has 28 heavy (non-hydrogen) atoms. The van der Waals surface area contributed by atoms with Crippen molar-refractivity contribution in [3.8, 4) is 0 Å². The van der Waals surface area contributed by atoms with E-state index in [2.05, 4.69) is 34.2 Å². The van der Waals surface area contributed by atoms with Crippen molar-refractivity contribution in [2.24, 2.45) is 16.8 Å². The van der Waals surface area contributed by atoms with Gasteiger partial charge in [-0.05, 0) is 51.3 Å². The molecule has 5 nitrogen and oxygen atoms in total. The highest BCUT2D eigenvalue weighted by Crippen LogP contribution is 2.33. The minimum atomic E-state index is -0.655. The fourth-order valence-electron chi connectivity index (χ4n) is 4.43. The SMILES string of the molecule is O=C(O)C1CCCN(CCCC2CC=CC3=C2O[C@@H]2C=CC=C/C2=C/N=C3)C1. The maximum absolute atomic E-state index is 11.3. The molecule has 2 aliphatic carbocycles. The van der Waals surface area contributed by atoms with Crippen LogP contribution in [0.15, 0.2) is 64.6 Å². The summed E-state index contributed by atoms with van der Waals surface area (Å²) in [5, 5.41) is 9.27. The smallest absolute Gasteiger partial charge is 0.307 e. The van der Waals surface area contributed by atoms with Gasteiger partial charge in [-0.2, -0.15) is 0 Å². The predicted molar refractivity (Wildman–Crippen MR) is 110 cm³/mol. The molecule has 0 saturated carbocycles. The summed E-state index contributed by atoms with van der Waals surface area (Å²) in [6, 6.07) is 0. The standard InChI is InChI=1S/C23H28N2O3/c26-23(27)20-10-5-13-25(16-20)12-4-9-17-7-3-8-19-15-24-14-18-6-1-2-11-21(18)28-22(17)19/h1-3,6,8,11,14-15,17,20-21H,4-5,7,9-10,12-13,16H2,(H,26,27)/b18-14-,24-15?/t17?,20?,21-/m1/s1. The second kappa shape index (κ2) is 8.74. The van der Waals surface area contributed by atoms with E-state index in [0.717, 1.165) is 62.1 Å². The van der Waals surface area contributed by atoms with E-state index in [1.54, 1.807) is 0 Å². The van der Waals surface area contributed by atoms with Crippen LogP contribution in [0.1, 0.15) is 32.1 Å². The van der Waals surface area contributed by atoms with E-state index in [4.69, 9.17) is 4.74 Å². The lowest BCUT2D eigenvalue weighted by atomic mass is 9.89. The number of carboxylic acid groups (broad SMARTS) is 1. The lowest BCUT2D eigenvalue weighted by Gasteiger charge is -2.32. The van der Waals surface area contributed by atoms with Crippen LogP contribution in [0.5, 0.6) is 0 Å². The molecule has 2 heterocycles. The summed E-state index contributed by atoms with van der Waals surface area (Å²) in [7, 11) is 0. The third-order valence-electron chi connectivity index (χ3n) is 5.96. The van der Waals surface area contributed by atoms with E-state index in [-0.39, 0.29) is 12.0 Å². The second-order valence-corrected chi connectivity index (χ2v) is 7.96. The van der Waals surface area contributed by atoms with Gasteiger partial charge in [0.2, 0.25) is 0 Å². The summed E-state index contributed by atoms with van der Waals surface area (Å²) >= 11 is 0. The van der Waals surface area contributed by atoms with Crippen LogP contribution in [0.25, 0.3) is 0 Å². The zero-order chi connectivity index (χ0) is 19.3. The molecule has 148 valence electrons. The van der Waals surface area contributed by atoms with Crippen molar-refractivity contribution in [1.82, 2.24) is 4.90 Å². The highest BCUT2D eigenvalue weighted by Gasteiger charge is 2.27. The zero-order valence-electron chi connectivity index (χ0n) is 16.2. The molecule has 5 heteroatoms. The molecule has 0 aromatic carbocycles. The number of aliphatic carboxylic acids is 1. The number of ether oxygens (including phenoxy) is 1. The van der Waals surface area contributed by atoms with Crippen molar-refractivity contribution in [2.45, 2.75) is 38.2 Å². The van der Waals surface area contributed by atoms with Crippen molar-refractivity contribution in [3.63, 3.8) is 0 Å². The molecule has 1 N–H and O–H groups in total. The minimum Gasteiger partial charge on any atom is -0.485 e. The largest absolute Gasteiger partial charge is 0.485 e. The Morgan fingerprint density at radius 2 is 2.25 bits per heavy atom. The molecular formula is C23H28N2O3. The zero-order valence-corrected chi connectivity index (χ0v) is 16.2. The molecule has 3 atom stereocenters. The molecule has 0 amide bonds. The Morgan fingerprint density at radius 3 is 3.14 bits per heavy atom. The number of piperidine rings is 1. The van der Waals surface area contributed by atoms with Gasteiger partial charge in [0.25, 0.3) is 0 Å². The Bertz CT molecular complexity index is 788. The summed E-state index contributed by atoms with van der Waals surface area (Å²) in [4.78, 5) is 18.1. The van der Waals surface area contributed by atoms with Gasteiger partial charge in [-0.1, -0.05) is 30.4 Å². The fourth-order valence-corrected chi connectivity index (χ4v) is 4.43. The Hall–Kier alpha value is -2.40. The van der Waals surface area contributed by atoms with Crippen molar-refractivity contribution >= 4 is 12.2 Å². The van der Waals surface area contributed by atoms with Gasteiger partial charge in [-0.3, -0.25) is 9.79 Å². The quantitative estimate of drug-likeness (QED) is 0.786. The van der Waals surface area contributed by atoms with Gasteiger partial charge in [0.1, 0.15) is 11.9 Å². The molecule has 2 aliphatic heterocycles. The van der Waals surface area contributed by atoms with Crippen LogP contribution < -0.4 is 0 Å². The van der Waals surface area contributed by atoms with Crippen LogP contribution in [0.3, 0.4) is 0 Å². The van der Waals surface area contributed by atoms with E-state index >= 15 is 0 Å². The minimum absolute atomic E-state index is 0.0696. The first kappa shape index (κ1) is 18.9. The number of hydrogen-bond acceptors (Lipinski definition) is 4. The number of rotatable bonds is 5. The van der Waals surface area contributed by atoms with Crippen LogP contribution >= 0.6 is 0 Å². The fraction of sp³-hybridized carbons (Fsp3) is 0.478. The number of hydrogen-bond donors (Lipinski definition) is 1. The van der Waals surface area contributed by atoms with Gasteiger partial charge >= 0.3 is 5.97 Å². The normalized spacial score (nSPS) is 31.3. The number of likely N-dealkylation sites (tertiary alicyclic amines) is 1. The monoisotopic (exact) mass is 380 g/mol. The Labute approximate surface area is 166 Å².